The normalized spacial score (nSPS) is 29.2. The Labute approximate surface area is 136 Å². The Balaban J connectivity index is 1.45. The number of rotatable bonds is 4. The summed E-state index contributed by atoms with van der Waals surface area (Å²) in [4.78, 5) is 0. The maximum Gasteiger partial charge on any atom is 0.157 e. The molecule has 118 valence electrons. The van der Waals surface area contributed by atoms with Gasteiger partial charge in [-0.1, -0.05) is 23.8 Å². The number of hydrogen-bond acceptors (Lipinski definition) is 3. The molecule has 1 fully saturated rings. The molecular formula is C18H21ClO3. The monoisotopic (exact) mass is 320 g/mol. The highest BCUT2D eigenvalue weighted by molar-refractivity contribution is 6.30. The topological polar surface area (TPSA) is 27.7 Å². The maximum atomic E-state index is 6.30. The maximum absolute atomic E-state index is 6.30. The fourth-order valence-corrected chi connectivity index (χ4v) is 3.85. The lowest BCUT2D eigenvalue weighted by Gasteiger charge is -2.22. The van der Waals surface area contributed by atoms with E-state index in [9.17, 15) is 0 Å². The molecule has 4 heteroatoms. The van der Waals surface area contributed by atoms with Gasteiger partial charge in [-0.05, 0) is 43.4 Å². The van der Waals surface area contributed by atoms with Crippen LogP contribution in [0.5, 0.6) is 5.75 Å². The van der Waals surface area contributed by atoms with Crippen LogP contribution in [-0.2, 0) is 15.9 Å². The third-order valence-electron chi connectivity index (χ3n) is 4.71. The minimum absolute atomic E-state index is 0.0378. The second kappa shape index (κ2) is 6.23. The van der Waals surface area contributed by atoms with E-state index in [0.717, 1.165) is 48.6 Å². The second-order valence-corrected chi connectivity index (χ2v) is 6.68. The van der Waals surface area contributed by atoms with Gasteiger partial charge >= 0.3 is 0 Å². The number of halogens is 1. The average Bonchev–Trinajstić information content (AvgIpc) is 3.10. The van der Waals surface area contributed by atoms with E-state index < -0.39 is 0 Å². The van der Waals surface area contributed by atoms with Crippen LogP contribution in [0.15, 0.2) is 24.3 Å². The van der Waals surface area contributed by atoms with Gasteiger partial charge in [-0.25, -0.2) is 0 Å². The van der Waals surface area contributed by atoms with Crippen LogP contribution in [0.1, 0.15) is 42.7 Å². The van der Waals surface area contributed by atoms with Crippen molar-refractivity contribution in [3.8, 4) is 5.75 Å². The molecule has 0 spiro atoms. The molecule has 4 rings (SSSR count). The molecule has 2 heterocycles. The number of ether oxygens (including phenoxy) is 3. The summed E-state index contributed by atoms with van der Waals surface area (Å²) in [6, 6.07) is 4.06. The zero-order valence-corrected chi connectivity index (χ0v) is 13.3. The van der Waals surface area contributed by atoms with Gasteiger partial charge in [0.15, 0.2) is 6.29 Å². The van der Waals surface area contributed by atoms with Crippen molar-refractivity contribution in [1.29, 1.82) is 0 Å². The fraction of sp³-hybridized carbons (Fsp3) is 0.556. The molecule has 1 unspecified atom stereocenters. The zero-order chi connectivity index (χ0) is 14.9. The largest absolute Gasteiger partial charge is 0.489 e. The molecule has 0 amide bonds. The van der Waals surface area contributed by atoms with Crippen LogP contribution in [0, 0.1) is 0 Å². The van der Waals surface area contributed by atoms with Crippen molar-refractivity contribution in [2.45, 2.75) is 50.4 Å². The van der Waals surface area contributed by atoms with Crippen LogP contribution in [0.2, 0.25) is 5.02 Å². The lowest BCUT2D eigenvalue weighted by molar-refractivity contribution is -0.161. The Morgan fingerprint density at radius 3 is 3.09 bits per heavy atom. The van der Waals surface area contributed by atoms with E-state index in [0.29, 0.717) is 12.5 Å². The van der Waals surface area contributed by atoms with Gasteiger partial charge in [0.1, 0.15) is 11.9 Å². The fourth-order valence-electron chi connectivity index (χ4n) is 3.60. The van der Waals surface area contributed by atoms with E-state index in [1.165, 1.54) is 12.0 Å². The molecular weight excluding hydrogens is 300 g/mol. The molecule has 3 atom stereocenters. The molecule has 0 N–H and O–H groups in total. The quantitative estimate of drug-likeness (QED) is 0.777. The Kier molecular flexibility index (Phi) is 4.12. The van der Waals surface area contributed by atoms with Crippen molar-refractivity contribution in [1.82, 2.24) is 0 Å². The molecule has 1 aromatic carbocycles. The summed E-state index contributed by atoms with van der Waals surface area (Å²) >= 11 is 6.30. The summed E-state index contributed by atoms with van der Waals surface area (Å²) in [5.74, 6) is 1.40. The van der Waals surface area contributed by atoms with E-state index in [4.69, 9.17) is 25.8 Å². The highest BCUT2D eigenvalue weighted by Gasteiger charge is 2.36. The number of fused-ring (bicyclic) bond motifs is 3. The standard InChI is InChI=1S/C18H21ClO3/c19-13-10-12(7-9-21-17-6-1-2-8-20-17)18-15(11-13)14-4-3-5-16(14)22-18/h3-4,10-11,14,16-17H,1-2,5-9H2/t14-,16-,17?/m1/s1. The number of hydrogen-bond donors (Lipinski definition) is 0. The molecule has 0 bridgehead atoms. The van der Waals surface area contributed by atoms with E-state index in [-0.39, 0.29) is 12.4 Å². The molecule has 1 saturated heterocycles. The van der Waals surface area contributed by atoms with E-state index in [1.807, 2.05) is 12.1 Å². The Morgan fingerprint density at radius 2 is 2.23 bits per heavy atom. The molecule has 0 saturated carbocycles. The average molecular weight is 321 g/mol. The van der Waals surface area contributed by atoms with Crippen LogP contribution in [0.3, 0.4) is 0 Å². The van der Waals surface area contributed by atoms with Gasteiger partial charge in [0.05, 0.1) is 6.61 Å². The van der Waals surface area contributed by atoms with Crippen molar-refractivity contribution in [3.63, 3.8) is 0 Å². The van der Waals surface area contributed by atoms with Gasteiger partial charge in [-0.15, -0.1) is 0 Å². The first kappa shape index (κ1) is 14.6. The van der Waals surface area contributed by atoms with Crippen molar-refractivity contribution < 1.29 is 14.2 Å². The summed E-state index contributed by atoms with van der Waals surface area (Å²) in [5, 5.41) is 0.784. The van der Waals surface area contributed by atoms with Crippen molar-refractivity contribution in [2.24, 2.45) is 0 Å². The van der Waals surface area contributed by atoms with Crippen molar-refractivity contribution in [2.75, 3.05) is 13.2 Å². The van der Waals surface area contributed by atoms with Crippen LogP contribution in [0.25, 0.3) is 0 Å². The Bertz CT molecular complexity index is 578. The summed E-state index contributed by atoms with van der Waals surface area (Å²) < 4.78 is 17.6. The van der Waals surface area contributed by atoms with Gasteiger partial charge < -0.3 is 14.2 Å². The third kappa shape index (κ3) is 2.78. The Morgan fingerprint density at radius 1 is 1.27 bits per heavy atom. The van der Waals surface area contributed by atoms with E-state index >= 15 is 0 Å². The summed E-state index contributed by atoms with van der Waals surface area (Å²) in [6.45, 7) is 1.46. The van der Waals surface area contributed by atoms with Gasteiger partial charge in [-0.2, -0.15) is 0 Å². The van der Waals surface area contributed by atoms with E-state index in [2.05, 4.69) is 12.2 Å². The molecule has 1 aliphatic carbocycles. The molecule has 0 aromatic heterocycles. The van der Waals surface area contributed by atoms with Gasteiger partial charge in [0, 0.05) is 29.5 Å². The molecule has 3 nitrogen and oxygen atoms in total. The van der Waals surface area contributed by atoms with Gasteiger partial charge in [-0.3, -0.25) is 0 Å². The highest BCUT2D eigenvalue weighted by atomic mass is 35.5. The lowest BCUT2D eigenvalue weighted by atomic mass is 9.96. The highest BCUT2D eigenvalue weighted by Crippen LogP contribution is 2.46. The van der Waals surface area contributed by atoms with Crippen LogP contribution < -0.4 is 4.74 Å². The predicted molar refractivity (Wildman–Crippen MR) is 85.6 cm³/mol. The summed E-state index contributed by atoms with van der Waals surface area (Å²) in [6.07, 6.45) is 9.79. The first-order chi connectivity index (χ1) is 10.8. The van der Waals surface area contributed by atoms with Crippen LogP contribution in [0.4, 0.5) is 0 Å². The minimum Gasteiger partial charge on any atom is -0.489 e. The predicted octanol–water partition coefficient (Wildman–Crippen LogP) is 4.23. The third-order valence-corrected chi connectivity index (χ3v) is 4.93. The first-order valence-electron chi connectivity index (χ1n) is 8.20. The number of benzene rings is 1. The minimum atomic E-state index is -0.0378. The zero-order valence-electron chi connectivity index (χ0n) is 12.6. The van der Waals surface area contributed by atoms with Gasteiger partial charge in [0.25, 0.3) is 0 Å². The van der Waals surface area contributed by atoms with Crippen molar-refractivity contribution >= 4 is 11.6 Å². The molecule has 2 aliphatic heterocycles. The first-order valence-corrected chi connectivity index (χ1v) is 8.58. The second-order valence-electron chi connectivity index (χ2n) is 6.25. The SMILES string of the molecule is Clc1cc(CCOC2CCCCO2)c2c(c1)[C@H]1C=CC[C@H]1O2. The van der Waals surface area contributed by atoms with Crippen LogP contribution >= 0.6 is 11.6 Å². The summed E-state index contributed by atoms with van der Waals surface area (Å²) in [5.41, 5.74) is 2.39. The molecule has 3 aliphatic rings. The molecule has 1 aromatic rings. The molecule has 0 radical (unpaired) electrons. The van der Waals surface area contributed by atoms with Crippen molar-refractivity contribution in [3.05, 3.63) is 40.4 Å². The smallest absolute Gasteiger partial charge is 0.157 e. The lowest BCUT2D eigenvalue weighted by Crippen LogP contribution is -2.23. The van der Waals surface area contributed by atoms with Crippen LogP contribution in [-0.4, -0.2) is 25.6 Å². The molecule has 22 heavy (non-hydrogen) atoms. The van der Waals surface area contributed by atoms with E-state index in [1.54, 1.807) is 0 Å². The Hall–Kier alpha value is -1.03. The van der Waals surface area contributed by atoms with Gasteiger partial charge in [0.2, 0.25) is 0 Å². The summed E-state index contributed by atoms with van der Waals surface area (Å²) in [7, 11) is 0.